The van der Waals surface area contributed by atoms with Crippen molar-refractivity contribution < 1.29 is 8.78 Å². The standard InChI is InChI=1S/C12H11F2N/c1-8-4-5-15-11-6-9(8)2-3-10(7-11)12(13)14/h2-5,7,12H,6H2,1H3. The molecule has 2 rings (SSSR count). The first-order valence-corrected chi connectivity index (χ1v) is 4.77. The van der Waals surface area contributed by atoms with Crippen LogP contribution in [-0.4, -0.2) is 12.1 Å². The fraction of sp³-hybridized carbons (Fsp3) is 0.250. The lowest BCUT2D eigenvalue weighted by atomic mass is 10.0. The molecule has 0 amide bonds. The molecule has 0 unspecified atom stereocenters. The highest BCUT2D eigenvalue weighted by Gasteiger charge is 2.14. The summed E-state index contributed by atoms with van der Waals surface area (Å²) in [6.07, 6.45) is 6.46. The molecular weight excluding hydrogens is 196 g/mol. The van der Waals surface area contributed by atoms with Gasteiger partial charge in [0.2, 0.25) is 0 Å². The summed E-state index contributed by atoms with van der Waals surface area (Å²) in [4.78, 5) is 4.13. The normalized spacial score (nSPS) is 20.0. The van der Waals surface area contributed by atoms with Gasteiger partial charge in [-0.25, -0.2) is 8.78 Å². The van der Waals surface area contributed by atoms with Gasteiger partial charge < -0.3 is 0 Å². The molecule has 0 atom stereocenters. The number of allylic oxidation sites excluding steroid dienone is 7. The molecule has 1 aliphatic heterocycles. The van der Waals surface area contributed by atoms with E-state index in [9.17, 15) is 8.78 Å². The zero-order valence-electron chi connectivity index (χ0n) is 8.37. The van der Waals surface area contributed by atoms with Crippen LogP contribution in [0.3, 0.4) is 0 Å². The Morgan fingerprint density at radius 3 is 2.80 bits per heavy atom. The Bertz CT molecular complexity index is 423. The third-order valence-electron chi connectivity index (χ3n) is 2.51. The SMILES string of the molecule is CC1=C2C=CC(C(F)F)=CC(=NC=C1)C2. The van der Waals surface area contributed by atoms with E-state index in [2.05, 4.69) is 4.99 Å². The van der Waals surface area contributed by atoms with E-state index in [0.717, 1.165) is 11.1 Å². The second-order valence-corrected chi connectivity index (χ2v) is 3.60. The number of aliphatic imine (C=N–C) groups is 1. The quantitative estimate of drug-likeness (QED) is 0.624. The highest BCUT2D eigenvalue weighted by molar-refractivity contribution is 5.99. The van der Waals surface area contributed by atoms with Crippen molar-refractivity contribution in [3.63, 3.8) is 0 Å². The number of halogens is 2. The van der Waals surface area contributed by atoms with Crippen LogP contribution >= 0.6 is 0 Å². The van der Waals surface area contributed by atoms with Crippen LogP contribution in [0.5, 0.6) is 0 Å². The zero-order valence-corrected chi connectivity index (χ0v) is 8.37. The maximum atomic E-state index is 12.5. The van der Waals surface area contributed by atoms with Gasteiger partial charge in [0.05, 0.1) is 0 Å². The molecule has 15 heavy (non-hydrogen) atoms. The van der Waals surface area contributed by atoms with Crippen LogP contribution in [-0.2, 0) is 0 Å². The smallest absolute Gasteiger partial charge is 0.261 e. The molecule has 1 heterocycles. The minimum atomic E-state index is -2.44. The first-order valence-electron chi connectivity index (χ1n) is 4.77. The molecule has 0 fully saturated rings. The summed E-state index contributed by atoms with van der Waals surface area (Å²) in [5.41, 5.74) is 2.86. The molecule has 2 aliphatic rings. The number of nitrogens with zero attached hydrogens (tertiary/aromatic N) is 1. The van der Waals surface area contributed by atoms with Crippen LogP contribution in [0, 0.1) is 0 Å². The molecule has 0 aromatic carbocycles. The largest absolute Gasteiger partial charge is 0.263 e. The Balaban J connectivity index is 2.47. The summed E-state index contributed by atoms with van der Waals surface area (Å²) in [7, 11) is 0. The summed E-state index contributed by atoms with van der Waals surface area (Å²) >= 11 is 0. The maximum absolute atomic E-state index is 12.5. The first-order chi connectivity index (χ1) is 7.16. The van der Waals surface area contributed by atoms with Gasteiger partial charge in [-0.3, -0.25) is 4.99 Å². The average molecular weight is 207 g/mol. The molecule has 78 valence electrons. The van der Waals surface area contributed by atoms with E-state index in [0.29, 0.717) is 12.1 Å². The van der Waals surface area contributed by atoms with Crippen molar-refractivity contribution >= 4 is 5.71 Å². The molecule has 3 heteroatoms. The molecule has 0 aromatic heterocycles. The summed E-state index contributed by atoms with van der Waals surface area (Å²) in [5, 5.41) is 0. The molecule has 0 saturated heterocycles. The van der Waals surface area contributed by atoms with E-state index >= 15 is 0 Å². The van der Waals surface area contributed by atoms with Crippen LogP contribution < -0.4 is 0 Å². The molecule has 2 bridgehead atoms. The second-order valence-electron chi connectivity index (χ2n) is 3.60. The van der Waals surface area contributed by atoms with Crippen LogP contribution in [0.25, 0.3) is 0 Å². The highest BCUT2D eigenvalue weighted by atomic mass is 19.3. The van der Waals surface area contributed by atoms with E-state index in [1.165, 1.54) is 12.2 Å². The summed E-state index contributed by atoms with van der Waals surface area (Å²) in [6.45, 7) is 1.96. The van der Waals surface area contributed by atoms with Crippen molar-refractivity contribution in [2.45, 2.75) is 19.8 Å². The monoisotopic (exact) mass is 207 g/mol. The highest BCUT2D eigenvalue weighted by Crippen LogP contribution is 2.23. The lowest BCUT2D eigenvalue weighted by molar-refractivity contribution is 0.194. The van der Waals surface area contributed by atoms with Gasteiger partial charge >= 0.3 is 0 Å². The fourth-order valence-corrected chi connectivity index (χ4v) is 1.58. The van der Waals surface area contributed by atoms with Crippen LogP contribution in [0.1, 0.15) is 13.3 Å². The van der Waals surface area contributed by atoms with Gasteiger partial charge in [0.1, 0.15) is 0 Å². The molecule has 0 saturated carbocycles. The first kappa shape index (κ1) is 10.0. The minimum absolute atomic E-state index is 0.0341. The van der Waals surface area contributed by atoms with E-state index in [1.54, 1.807) is 12.3 Å². The van der Waals surface area contributed by atoms with Crippen molar-refractivity contribution in [1.29, 1.82) is 0 Å². The molecule has 0 aromatic rings. The topological polar surface area (TPSA) is 12.4 Å². The van der Waals surface area contributed by atoms with Gasteiger partial charge in [-0.15, -0.1) is 0 Å². The van der Waals surface area contributed by atoms with Crippen LogP contribution in [0.2, 0.25) is 0 Å². The Kier molecular flexibility index (Phi) is 2.62. The summed E-state index contributed by atoms with van der Waals surface area (Å²) in [5.74, 6) is 0. The Hall–Kier alpha value is -1.51. The third-order valence-corrected chi connectivity index (χ3v) is 2.51. The zero-order chi connectivity index (χ0) is 10.8. The van der Waals surface area contributed by atoms with Crippen molar-refractivity contribution in [1.82, 2.24) is 0 Å². The van der Waals surface area contributed by atoms with Crippen molar-refractivity contribution in [2.24, 2.45) is 4.99 Å². The Morgan fingerprint density at radius 1 is 1.27 bits per heavy atom. The van der Waals surface area contributed by atoms with E-state index in [-0.39, 0.29) is 5.57 Å². The van der Waals surface area contributed by atoms with E-state index < -0.39 is 6.43 Å². The molecular formula is C12H11F2N. The number of alkyl halides is 2. The number of hydrogen-bond donors (Lipinski definition) is 0. The van der Waals surface area contributed by atoms with Crippen molar-refractivity contribution in [3.05, 3.63) is 47.2 Å². The summed E-state index contributed by atoms with van der Waals surface area (Å²) in [6, 6.07) is 0. The van der Waals surface area contributed by atoms with Gasteiger partial charge in [0.25, 0.3) is 6.43 Å². The number of hydrogen-bond acceptors (Lipinski definition) is 1. The van der Waals surface area contributed by atoms with E-state index in [4.69, 9.17) is 0 Å². The van der Waals surface area contributed by atoms with Gasteiger partial charge in [-0.2, -0.15) is 0 Å². The summed E-state index contributed by atoms with van der Waals surface area (Å²) < 4.78 is 25.1. The van der Waals surface area contributed by atoms with Crippen molar-refractivity contribution in [3.8, 4) is 0 Å². The van der Waals surface area contributed by atoms with Gasteiger partial charge in [0, 0.05) is 23.9 Å². The average Bonchev–Trinajstić information content (AvgIpc) is 2.49. The Labute approximate surface area is 87.2 Å². The van der Waals surface area contributed by atoms with Gasteiger partial charge in [-0.1, -0.05) is 12.2 Å². The molecule has 1 aliphatic carbocycles. The molecule has 0 N–H and O–H groups in total. The van der Waals surface area contributed by atoms with Crippen molar-refractivity contribution in [2.75, 3.05) is 0 Å². The van der Waals surface area contributed by atoms with E-state index in [1.807, 2.05) is 13.0 Å². The predicted octanol–water partition coefficient (Wildman–Crippen LogP) is 3.42. The molecule has 0 radical (unpaired) electrons. The lowest BCUT2D eigenvalue weighted by Gasteiger charge is -2.00. The Morgan fingerprint density at radius 2 is 2.07 bits per heavy atom. The van der Waals surface area contributed by atoms with Gasteiger partial charge in [0.15, 0.2) is 0 Å². The van der Waals surface area contributed by atoms with Crippen LogP contribution in [0.4, 0.5) is 8.78 Å². The maximum Gasteiger partial charge on any atom is 0.263 e. The molecule has 0 spiro atoms. The number of rotatable bonds is 1. The van der Waals surface area contributed by atoms with Gasteiger partial charge in [-0.05, 0) is 30.2 Å². The van der Waals surface area contributed by atoms with Crippen LogP contribution in [0.15, 0.2) is 52.2 Å². The second kappa shape index (κ2) is 3.93. The predicted molar refractivity (Wildman–Crippen MR) is 57.1 cm³/mol. The molecule has 1 nitrogen and oxygen atoms in total. The minimum Gasteiger partial charge on any atom is -0.261 e. The lowest BCUT2D eigenvalue weighted by Crippen LogP contribution is -1.98. The third kappa shape index (κ3) is 2.12. The number of fused-ring (bicyclic) bond motifs is 2. The fourth-order valence-electron chi connectivity index (χ4n) is 1.58.